The minimum Gasteiger partial charge on any atom is -0.305 e. The van der Waals surface area contributed by atoms with E-state index in [1.54, 1.807) is 15.3 Å². The Labute approximate surface area is 126 Å². The first-order valence-electron chi connectivity index (χ1n) is 8.34. The molecule has 0 bridgehead atoms. The van der Waals surface area contributed by atoms with Crippen LogP contribution in [0.15, 0.2) is 6.07 Å². The number of hydrogen-bond donors (Lipinski definition) is 1. The Hall–Kier alpha value is -0.380. The Morgan fingerprint density at radius 2 is 2.20 bits per heavy atom. The summed E-state index contributed by atoms with van der Waals surface area (Å²) in [5.41, 5.74) is 1.64. The van der Waals surface area contributed by atoms with Crippen molar-refractivity contribution in [2.75, 3.05) is 6.54 Å². The Bertz CT molecular complexity index is 470. The van der Waals surface area contributed by atoms with E-state index in [0.29, 0.717) is 12.1 Å². The van der Waals surface area contributed by atoms with Crippen LogP contribution in [0.1, 0.15) is 60.9 Å². The SMILES string of the molecule is C[C@H](N[C@H]1C[C@@H](C)N(C2CC2)C1)c1cc2c(s1)CCC2. The minimum atomic E-state index is 0.530. The summed E-state index contributed by atoms with van der Waals surface area (Å²) in [6, 6.07) is 5.39. The zero-order valence-electron chi connectivity index (χ0n) is 12.7. The van der Waals surface area contributed by atoms with Gasteiger partial charge in [-0.25, -0.2) is 0 Å². The van der Waals surface area contributed by atoms with E-state index >= 15 is 0 Å². The van der Waals surface area contributed by atoms with Gasteiger partial charge in [0.05, 0.1) is 0 Å². The molecule has 2 fully saturated rings. The van der Waals surface area contributed by atoms with Crippen molar-refractivity contribution in [1.82, 2.24) is 10.2 Å². The lowest BCUT2D eigenvalue weighted by Crippen LogP contribution is -2.35. The molecule has 1 aromatic heterocycles. The van der Waals surface area contributed by atoms with Crippen LogP contribution in [0.5, 0.6) is 0 Å². The van der Waals surface area contributed by atoms with Crippen molar-refractivity contribution in [3.63, 3.8) is 0 Å². The highest BCUT2D eigenvalue weighted by Gasteiger charge is 2.39. The number of aryl methyl sites for hydroxylation is 2. The fourth-order valence-electron chi connectivity index (χ4n) is 4.09. The molecule has 2 heterocycles. The fourth-order valence-corrected chi connectivity index (χ4v) is 5.36. The van der Waals surface area contributed by atoms with Crippen molar-refractivity contribution in [2.24, 2.45) is 0 Å². The van der Waals surface area contributed by atoms with Crippen LogP contribution in [0.2, 0.25) is 0 Å². The zero-order valence-corrected chi connectivity index (χ0v) is 13.5. The molecule has 3 heteroatoms. The fraction of sp³-hybridized carbons (Fsp3) is 0.765. The largest absolute Gasteiger partial charge is 0.305 e. The second kappa shape index (κ2) is 5.11. The van der Waals surface area contributed by atoms with Gasteiger partial charge in [-0.05, 0) is 64.0 Å². The van der Waals surface area contributed by atoms with Gasteiger partial charge in [0.25, 0.3) is 0 Å². The molecular weight excluding hydrogens is 264 g/mol. The van der Waals surface area contributed by atoms with Crippen molar-refractivity contribution < 1.29 is 0 Å². The predicted octanol–water partition coefficient (Wildman–Crippen LogP) is 3.51. The number of nitrogens with one attached hydrogen (secondary N) is 1. The molecule has 0 spiro atoms. The monoisotopic (exact) mass is 290 g/mol. The molecule has 2 nitrogen and oxygen atoms in total. The van der Waals surface area contributed by atoms with Gasteiger partial charge in [-0.2, -0.15) is 0 Å². The van der Waals surface area contributed by atoms with Crippen LogP contribution < -0.4 is 5.32 Å². The molecule has 4 rings (SSSR count). The van der Waals surface area contributed by atoms with Gasteiger partial charge in [0.15, 0.2) is 0 Å². The maximum atomic E-state index is 3.90. The third-order valence-corrected chi connectivity index (χ3v) is 6.74. The van der Waals surface area contributed by atoms with Crippen LogP contribution in [0, 0.1) is 0 Å². The summed E-state index contributed by atoms with van der Waals surface area (Å²) in [7, 11) is 0. The molecule has 0 unspecified atom stereocenters. The van der Waals surface area contributed by atoms with Gasteiger partial charge in [0.2, 0.25) is 0 Å². The normalized spacial score (nSPS) is 31.7. The van der Waals surface area contributed by atoms with E-state index in [9.17, 15) is 0 Å². The second-order valence-corrected chi connectivity index (χ2v) is 8.22. The first kappa shape index (κ1) is 13.3. The summed E-state index contributed by atoms with van der Waals surface area (Å²) in [6.45, 7) is 6.02. The molecule has 1 saturated heterocycles. The van der Waals surface area contributed by atoms with E-state index in [1.807, 2.05) is 0 Å². The summed E-state index contributed by atoms with van der Waals surface area (Å²) < 4.78 is 0. The predicted molar refractivity (Wildman–Crippen MR) is 85.5 cm³/mol. The lowest BCUT2D eigenvalue weighted by atomic mass is 10.1. The van der Waals surface area contributed by atoms with Crippen LogP contribution in [0.25, 0.3) is 0 Å². The maximum absolute atomic E-state index is 3.90. The summed E-state index contributed by atoms with van der Waals surface area (Å²) >= 11 is 2.06. The number of rotatable bonds is 4. The van der Waals surface area contributed by atoms with Crippen LogP contribution >= 0.6 is 11.3 Å². The maximum Gasteiger partial charge on any atom is 0.0388 e. The molecule has 1 aliphatic heterocycles. The summed E-state index contributed by atoms with van der Waals surface area (Å²) in [5, 5.41) is 3.90. The van der Waals surface area contributed by atoms with E-state index in [-0.39, 0.29) is 0 Å². The van der Waals surface area contributed by atoms with Crippen LogP contribution in [0.4, 0.5) is 0 Å². The van der Waals surface area contributed by atoms with Crippen molar-refractivity contribution in [3.8, 4) is 0 Å². The molecular formula is C17H26N2S. The highest BCUT2D eigenvalue weighted by molar-refractivity contribution is 7.12. The summed E-state index contributed by atoms with van der Waals surface area (Å²) in [6.07, 6.45) is 8.21. The molecule has 2 aliphatic carbocycles. The molecule has 0 aromatic carbocycles. The Kier molecular flexibility index (Phi) is 3.40. The minimum absolute atomic E-state index is 0.530. The van der Waals surface area contributed by atoms with Crippen molar-refractivity contribution in [1.29, 1.82) is 0 Å². The number of likely N-dealkylation sites (tertiary alicyclic amines) is 1. The summed E-state index contributed by atoms with van der Waals surface area (Å²) in [5.74, 6) is 0. The molecule has 110 valence electrons. The van der Waals surface area contributed by atoms with Gasteiger partial charge < -0.3 is 5.32 Å². The third kappa shape index (κ3) is 2.44. The van der Waals surface area contributed by atoms with Gasteiger partial charge in [-0.1, -0.05) is 0 Å². The Morgan fingerprint density at radius 1 is 1.35 bits per heavy atom. The van der Waals surface area contributed by atoms with Crippen LogP contribution in [-0.4, -0.2) is 29.6 Å². The van der Waals surface area contributed by atoms with Crippen molar-refractivity contribution in [3.05, 3.63) is 21.4 Å². The average Bonchev–Trinajstić information content (AvgIpc) is 2.85. The smallest absolute Gasteiger partial charge is 0.0388 e. The second-order valence-electron chi connectivity index (χ2n) is 7.05. The zero-order chi connectivity index (χ0) is 13.7. The Balaban J connectivity index is 1.38. The molecule has 0 amide bonds. The third-order valence-electron chi connectivity index (χ3n) is 5.32. The van der Waals surface area contributed by atoms with E-state index in [2.05, 4.69) is 41.5 Å². The highest BCUT2D eigenvalue weighted by Crippen LogP contribution is 2.36. The lowest BCUT2D eigenvalue weighted by Gasteiger charge is -2.21. The molecule has 3 aliphatic rings. The molecule has 0 radical (unpaired) electrons. The van der Waals surface area contributed by atoms with E-state index in [4.69, 9.17) is 0 Å². The molecule has 3 atom stereocenters. The topological polar surface area (TPSA) is 15.3 Å². The first-order chi connectivity index (χ1) is 9.70. The standard InChI is InChI=1S/C17H26N2S/c1-11-8-14(10-19(11)15-6-7-15)18-12(2)17-9-13-4-3-5-16(13)20-17/h9,11-12,14-15,18H,3-8,10H2,1-2H3/t11-,12+,14+/m1/s1. The number of thiophene rings is 1. The quantitative estimate of drug-likeness (QED) is 0.913. The number of fused-ring (bicyclic) bond motifs is 1. The van der Waals surface area contributed by atoms with Gasteiger partial charge in [-0.3, -0.25) is 4.90 Å². The molecule has 1 aromatic rings. The van der Waals surface area contributed by atoms with E-state index in [0.717, 1.165) is 12.1 Å². The van der Waals surface area contributed by atoms with Crippen molar-refractivity contribution in [2.45, 2.75) is 76.5 Å². The number of nitrogens with zero attached hydrogens (tertiary/aromatic N) is 1. The van der Waals surface area contributed by atoms with Gasteiger partial charge in [0, 0.05) is 40.5 Å². The van der Waals surface area contributed by atoms with Crippen molar-refractivity contribution >= 4 is 11.3 Å². The number of hydrogen-bond acceptors (Lipinski definition) is 3. The molecule has 1 N–H and O–H groups in total. The average molecular weight is 290 g/mol. The highest BCUT2D eigenvalue weighted by atomic mass is 32.1. The molecule has 20 heavy (non-hydrogen) atoms. The van der Waals surface area contributed by atoms with Crippen LogP contribution in [-0.2, 0) is 12.8 Å². The van der Waals surface area contributed by atoms with Gasteiger partial charge >= 0.3 is 0 Å². The molecule has 1 saturated carbocycles. The van der Waals surface area contributed by atoms with Gasteiger partial charge in [-0.15, -0.1) is 11.3 Å². The first-order valence-corrected chi connectivity index (χ1v) is 9.15. The Morgan fingerprint density at radius 3 is 2.95 bits per heavy atom. The van der Waals surface area contributed by atoms with E-state index < -0.39 is 0 Å². The lowest BCUT2D eigenvalue weighted by molar-refractivity contribution is 0.254. The van der Waals surface area contributed by atoms with E-state index in [1.165, 1.54) is 45.1 Å². The summed E-state index contributed by atoms with van der Waals surface area (Å²) in [4.78, 5) is 5.96. The van der Waals surface area contributed by atoms with Gasteiger partial charge in [0.1, 0.15) is 0 Å². The van der Waals surface area contributed by atoms with Crippen LogP contribution in [0.3, 0.4) is 0 Å².